The van der Waals surface area contributed by atoms with Crippen LogP contribution in [0.5, 0.6) is 0 Å². The van der Waals surface area contributed by atoms with E-state index in [-0.39, 0.29) is 0 Å². The maximum absolute atomic E-state index is 4.35. The highest BCUT2D eigenvalue weighted by molar-refractivity contribution is 5.07. The van der Waals surface area contributed by atoms with E-state index >= 15 is 0 Å². The van der Waals surface area contributed by atoms with E-state index in [1.54, 1.807) is 0 Å². The Kier molecular flexibility index (Phi) is 4.47. The van der Waals surface area contributed by atoms with Crippen LogP contribution in [-0.4, -0.2) is 27.9 Å². The second-order valence-corrected chi connectivity index (χ2v) is 4.57. The topological polar surface area (TPSA) is 42.7 Å². The molecule has 0 aliphatic rings. The van der Waals surface area contributed by atoms with Gasteiger partial charge in [-0.3, -0.25) is 9.67 Å². The quantitative estimate of drug-likeness (QED) is 0.839. The molecule has 2 aromatic heterocycles. The van der Waals surface area contributed by atoms with Gasteiger partial charge < -0.3 is 5.32 Å². The average molecular weight is 244 g/mol. The van der Waals surface area contributed by atoms with Crippen molar-refractivity contribution in [1.29, 1.82) is 0 Å². The molecule has 4 heteroatoms. The summed E-state index contributed by atoms with van der Waals surface area (Å²) >= 11 is 0. The van der Waals surface area contributed by atoms with Crippen molar-refractivity contribution in [3.05, 3.63) is 48.0 Å². The molecule has 0 fully saturated rings. The molecular weight excluding hydrogens is 224 g/mol. The molecule has 0 amide bonds. The maximum Gasteiger partial charge on any atom is 0.0522 e. The van der Waals surface area contributed by atoms with Crippen molar-refractivity contribution < 1.29 is 0 Å². The molecule has 1 unspecified atom stereocenters. The van der Waals surface area contributed by atoms with E-state index in [0.29, 0.717) is 6.04 Å². The summed E-state index contributed by atoms with van der Waals surface area (Å²) in [5.74, 6) is 0. The summed E-state index contributed by atoms with van der Waals surface area (Å²) in [5.41, 5.74) is 2.43. The first kappa shape index (κ1) is 12.8. The van der Waals surface area contributed by atoms with Gasteiger partial charge in [-0.15, -0.1) is 0 Å². The van der Waals surface area contributed by atoms with Gasteiger partial charge in [-0.2, -0.15) is 5.10 Å². The molecule has 0 aliphatic heterocycles. The third kappa shape index (κ3) is 3.67. The van der Waals surface area contributed by atoms with Crippen LogP contribution in [0.4, 0.5) is 0 Å². The Hall–Kier alpha value is -1.68. The molecule has 4 nitrogen and oxygen atoms in total. The number of aryl methyl sites for hydroxylation is 2. The number of aromatic nitrogens is 3. The molecule has 96 valence electrons. The minimum Gasteiger partial charge on any atom is -0.317 e. The zero-order valence-corrected chi connectivity index (χ0v) is 11.0. The molecule has 1 N–H and O–H groups in total. The Bertz CT molecular complexity index is 464. The van der Waals surface area contributed by atoms with Crippen LogP contribution in [0.15, 0.2) is 36.8 Å². The lowest BCUT2D eigenvalue weighted by Crippen LogP contribution is -2.28. The molecule has 18 heavy (non-hydrogen) atoms. The van der Waals surface area contributed by atoms with E-state index in [1.807, 2.05) is 43.3 Å². The van der Waals surface area contributed by atoms with Gasteiger partial charge in [0.1, 0.15) is 0 Å². The van der Waals surface area contributed by atoms with E-state index < -0.39 is 0 Å². The minimum absolute atomic E-state index is 0.469. The lowest BCUT2D eigenvalue weighted by Gasteiger charge is -2.14. The predicted molar refractivity (Wildman–Crippen MR) is 72.3 cm³/mol. The Morgan fingerprint density at radius 1 is 1.39 bits per heavy atom. The zero-order valence-electron chi connectivity index (χ0n) is 11.0. The summed E-state index contributed by atoms with van der Waals surface area (Å²) in [4.78, 5) is 4.35. The molecule has 1 atom stereocenters. The molecule has 0 saturated heterocycles. The van der Waals surface area contributed by atoms with E-state index in [0.717, 1.165) is 25.0 Å². The summed E-state index contributed by atoms with van der Waals surface area (Å²) in [6.45, 7) is 0. The second-order valence-electron chi connectivity index (χ2n) is 4.57. The number of likely N-dealkylation sites (N-methyl/N-ethyl adjacent to an activating group) is 1. The third-order valence-corrected chi connectivity index (χ3v) is 3.12. The molecule has 0 radical (unpaired) electrons. The monoisotopic (exact) mass is 244 g/mol. The number of rotatable bonds is 6. The van der Waals surface area contributed by atoms with Gasteiger partial charge in [-0.05, 0) is 44.0 Å². The highest BCUT2D eigenvalue weighted by atomic mass is 15.2. The van der Waals surface area contributed by atoms with Gasteiger partial charge in [0.05, 0.1) is 6.20 Å². The minimum atomic E-state index is 0.469. The molecule has 2 rings (SSSR count). The predicted octanol–water partition coefficient (Wildman–Crippen LogP) is 1.58. The summed E-state index contributed by atoms with van der Waals surface area (Å²) in [7, 11) is 3.96. The largest absolute Gasteiger partial charge is 0.317 e. The van der Waals surface area contributed by atoms with E-state index in [9.17, 15) is 0 Å². The fourth-order valence-corrected chi connectivity index (χ4v) is 2.08. The van der Waals surface area contributed by atoms with Gasteiger partial charge in [-0.1, -0.05) is 6.07 Å². The summed E-state index contributed by atoms with van der Waals surface area (Å²) in [6.07, 6.45) is 8.97. The number of nitrogens with zero attached hydrogens (tertiary/aromatic N) is 3. The Labute approximate surface area is 108 Å². The lowest BCUT2D eigenvalue weighted by molar-refractivity contribution is 0.517. The van der Waals surface area contributed by atoms with Crippen LogP contribution >= 0.6 is 0 Å². The average Bonchev–Trinajstić information content (AvgIpc) is 2.81. The Morgan fingerprint density at radius 2 is 2.28 bits per heavy atom. The second kappa shape index (κ2) is 6.31. The molecule has 0 bridgehead atoms. The number of pyridine rings is 1. The van der Waals surface area contributed by atoms with Crippen molar-refractivity contribution >= 4 is 0 Å². The van der Waals surface area contributed by atoms with Crippen molar-refractivity contribution in [2.75, 3.05) is 7.05 Å². The van der Waals surface area contributed by atoms with Crippen LogP contribution in [0.25, 0.3) is 0 Å². The highest BCUT2D eigenvalue weighted by Crippen LogP contribution is 2.08. The van der Waals surface area contributed by atoms with Crippen molar-refractivity contribution in [2.24, 2.45) is 7.05 Å². The van der Waals surface area contributed by atoms with Crippen LogP contribution in [0.3, 0.4) is 0 Å². The first-order chi connectivity index (χ1) is 8.78. The lowest BCUT2D eigenvalue weighted by atomic mass is 10.0. The van der Waals surface area contributed by atoms with Gasteiger partial charge in [0.25, 0.3) is 0 Å². The maximum atomic E-state index is 4.35. The molecule has 2 aromatic rings. The standard InChI is InChI=1S/C14H20N4/c1-15-14(9-12-10-17-18(2)11-12)7-6-13-5-3-4-8-16-13/h3-5,8,10-11,14-15H,6-7,9H2,1-2H3. The number of hydrogen-bond acceptors (Lipinski definition) is 3. The third-order valence-electron chi connectivity index (χ3n) is 3.12. The van der Waals surface area contributed by atoms with Crippen LogP contribution < -0.4 is 5.32 Å². The normalized spacial score (nSPS) is 12.6. The molecule has 0 saturated carbocycles. The van der Waals surface area contributed by atoms with Gasteiger partial charge in [-0.25, -0.2) is 0 Å². The summed E-state index contributed by atoms with van der Waals surface area (Å²) in [6, 6.07) is 6.54. The highest BCUT2D eigenvalue weighted by Gasteiger charge is 2.09. The van der Waals surface area contributed by atoms with Crippen molar-refractivity contribution in [3.8, 4) is 0 Å². The Morgan fingerprint density at radius 3 is 2.89 bits per heavy atom. The summed E-state index contributed by atoms with van der Waals surface area (Å²) in [5, 5.41) is 7.56. The summed E-state index contributed by atoms with van der Waals surface area (Å²) < 4.78 is 1.85. The van der Waals surface area contributed by atoms with E-state index in [1.165, 1.54) is 5.56 Å². The molecule has 2 heterocycles. The van der Waals surface area contributed by atoms with Crippen molar-refractivity contribution in [2.45, 2.75) is 25.3 Å². The van der Waals surface area contributed by atoms with E-state index in [2.05, 4.69) is 27.7 Å². The van der Waals surface area contributed by atoms with Crippen LogP contribution in [0.2, 0.25) is 0 Å². The first-order valence-electron chi connectivity index (χ1n) is 6.32. The number of hydrogen-bond donors (Lipinski definition) is 1. The Balaban J connectivity index is 1.86. The van der Waals surface area contributed by atoms with Crippen LogP contribution in [-0.2, 0) is 19.9 Å². The van der Waals surface area contributed by atoms with Gasteiger partial charge in [0.15, 0.2) is 0 Å². The zero-order chi connectivity index (χ0) is 12.8. The van der Waals surface area contributed by atoms with Crippen LogP contribution in [0, 0.1) is 0 Å². The van der Waals surface area contributed by atoms with Crippen molar-refractivity contribution in [3.63, 3.8) is 0 Å². The number of nitrogens with one attached hydrogen (secondary N) is 1. The molecular formula is C14H20N4. The van der Waals surface area contributed by atoms with Gasteiger partial charge >= 0.3 is 0 Å². The van der Waals surface area contributed by atoms with Gasteiger partial charge in [0.2, 0.25) is 0 Å². The fourth-order valence-electron chi connectivity index (χ4n) is 2.08. The fraction of sp³-hybridized carbons (Fsp3) is 0.429. The molecule has 0 aromatic carbocycles. The smallest absolute Gasteiger partial charge is 0.0522 e. The molecule has 0 aliphatic carbocycles. The van der Waals surface area contributed by atoms with E-state index in [4.69, 9.17) is 0 Å². The molecule has 0 spiro atoms. The first-order valence-corrected chi connectivity index (χ1v) is 6.32. The van der Waals surface area contributed by atoms with Crippen LogP contribution in [0.1, 0.15) is 17.7 Å². The van der Waals surface area contributed by atoms with Crippen molar-refractivity contribution in [1.82, 2.24) is 20.1 Å². The SMILES string of the molecule is CNC(CCc1ccccn1)Cc1cnn(C)c1. The van der Waals surface area contributed by atoms with Gasteiger partial charge in [0, 0.05) is 31.2 Å².